The van der Waals surface area contributed by atoms with Gasteiger partial charge in [-0.05, 0) is 12.8 Å². The van der Waals surface area contributed by atoms with Gasteiger partial charge < -0.3 is 20.6 Å². The van der Waals surface area contributed by atoms with Gasteiger partial charge in [-0.15, -0.1) is 0 Å². The molecule has 5 nitrogen and oxygen atoms in total. The lowest BCUT2D eigenvalue weighted by molar-refractivity contribution is -0.124. The summed E-state index contributed by atoms with van der Waals surface area (Å²) in [6.45, 7) is 4.22. The lowest BCUT2D eigenvalue weighted by atomic mass is 9.99. The standard InChI is InChI=1S/C62H125NO4/c1-3-5-7-9-11-13-15-17-19-20-21-22-23-24-25-26-27-28-29-30-31-32-33-34-35-36-37-38-39-40-41-42-43-45-47-49-51-53-55-57-61(66)63-59(58-64)62(67)60(65)56-54-52-50-48-46-44-18-16-14-12-10-8-6-4-2/h59-60,62,64-65,67H,3-58H2,1-2H3,(H,63,66). The van der Waals surface area contributed by atoms with E-state index in [2.05, 4.69) is 19.2 Å². The van der Waals surface area contributed by atoms with Gasteiger partial charge in [0.15, 0.2) is 0 Å². The van der Waals surface area contributed by atoms with Crippen LogP contribution in [-0.2, 0) is 4.79 Å². The molecule has 5 heteroatoms. The number of rotatable bonds is 59. The van der Waals surface area contributed by atoms with Crippen molar-refractivity contribution in [1.82, 2.24) is 5.32 Å². The highest BCUT2D eigenvalue weighted by atomic mass is 16.3. The quantitative estimate of drug-likeness (QED) is 0.0457. The zero-order valence-corrected chi connectivity index (χ0v) is 46.1. The number of nitrogens with one attached hydrogen (secondary N) is 1. The van der Waals surface area contributed by atoms with E-state index in [0.717, 1.165) is 32.1 Å². The second kappa shape index (κ2) is 57.9. The van der Waals surface area contributed by atoms with Crippen LogP contribution in [0.5, 0.6) is 0 Å². The number of hydrogen-bond acceptors (Lipinski definition) is 4. The maximum Gasteiger partial charge on any atom is 0.220 e. The third kappa shape index (κ3) is 53.0. The Labute approximate surface area is 421 Å². The van der Waals surface area contributed by atoms with Crippen molar-refractivity contribution < 1.29 is 20.1 Å². The van der Waals surface area contributed by atoms with Crippen molar-refractivity contribution in [3.05, 3.63) is 0 Å². The summed E-state index contributed by atoms with van der Waals surface area (Å²) in [7, 11) is 0. The van der Waals surface area contributed by atoms with E-state index in [1.54, 1.807) is 0 Å². The van der Waals surface area contributed by atoms with E-state index in [4.69, 9.17) is 0 Å². The maximum atomic E-state index is 12.5. The highest BCUT2D eigenvalue weighted by molar-refractivity contribution is 5.76. The van der Waals surface area contributed by atoms with Gasteiger partial charge in [-0.1, -0.05) is 348 Å². The van der Waals surface area contributed by atoms with E-state index in [-0.39, 0.29) is 12.5 Å². The molecule has 0 radical (unpaired) electrons. The average molecular weight is 949 g/mol. The Kier molecular flexibility index (Phi) is 57.4. The molecule has 0 aliphatic heterocycles. The first-order chi connectivity index (χ1) is 33.1. The van der Waals surface area contributed by atoms with Gasteiger partial charge in [0.1, 0.15) is 6.10 Å². The molecular formula is C62H125NO4. The molecule has 0 fully saturated rings. The van der Waals surface area contributed by atoms with Gasteiger partial charge >= 0.3 is 0 Å². The maximum absolute atomic E-state index is 12.5. The number of carbonyl (C=O) groups is 1. The van der Waals surface area contributed by atoms with Crippen molar-refractivity contribution >= 4 is 5.91 Å². The lowest BCUT2D eigenvalue weighted by Gasteiger charge is -2.26. The summed E-state index contributed by atoms with van der Waals surface area (Å²) in [4.78, 5) is 12.5. The second-order valence-corrected chi connectivity index (χ2v) is 22.0. The minimum absolute atomic E-state index is 0.136. The van der Waals surface area contributed by atoms with Gasteiger partial charge in [-0.25, -0.2) is 0 Å². The molecule has 0 aliphatic rings. The summed E-state index contributed by atoms with van der Waals surface area (Å²) in [6, 6.07) is -0.804. The number of carbonyl (C=O) groups excluding carboxylic acids is 1. The summed E-state index contributed by atoms with van der Waals surface area (Å²) < 4.78 is 0. The van der Waals surface area contributed by atoms with Gasteiger partial charge in [0.2, 0.25) is 5.91 Å². The zero-order valence-electron chi connectivity index (χ0n) is 46.1. The SMILES string of the molecule is CCCCCCCCCCCCCCCCCCCCCCCCCCCCCCCCCCCCCCCCCC(=O)NC(CO)C(O)C(O)CCCCCCCCCCCCCCCC. The molecule has 0 bridgehead atoms. The molecular weight excluding hydrogens is 823 g/mol. The highest BCUT2D eigenvalue weighted by Gasteiger charge is 2.26. The monoisotopic (exact) mass is 948 g/mol. The van der Waals surface area contributed by atoms with E-state index in [9.17, 15) is 20.1 Å². The van der Waals surface area contributed by atoms with Crippen LogP contribution in [0.3, 0.4) is 0 Å². The van der Waals surface area contributed by atoms with Gasteiger partial charge in [-0.3, -0.25) is 4.79 Å². The molecule has 0 rings (SSSR count). The van der Waals surface area contributed by atoms with Gasteiger partial charge in [0, 0.05) is 6.42 Å². The molecule has 4 N–H and O–H groups in total. The molecule has 1 amide bonds. The molecule has 0 aromatic heterocycles. The second-order valence-electron chi connectivity index (χ2n) is 22.0. The predicted octanol–water partition coefficient (Wildman–Crippen LogP) is 19.7. The van der Waals surface area contributed by atoms with Crippen molar-refractivity contribution in [2.75, 3.05) is 6.61 Å². The number of hydrogen-bond donors (Lipinski definition) is 4. The van der Waals surface area contributed by atoms with Crippen molar-refractivity contribution in [3.8, 4) is 0 Å². The molecule has 0 saturated heterocycles. The molecule has 402 valence electrons. The van der Waals surface area contributed by atoms with Crippen molar-refractivity contribution in [3.63, 3.8) is 0 Å². The van der Waals surface area contributed by atoms with Crippen LogP contribution in [0.15, 0.2) is 0 Å². The molecule has 0 spiro atoms. The summed E-state index contributed by atoms with van der Waals surface area (Å²) >= 11 is 0. The summed E-state index contributed by atoms with van der Waals surface area (Å²) in [5.41, 5.74) is 0. The van der Waals surface area contributed by atoms with E-state index >= 15 is 0 Å². The summed E-state index contributed by atoms with van der Waals surface area (Å²) in [6.07, 6.45) is 71.6. The van der Waals surface area contributed by atoms with E-state index < -0.39 is 18.2 Å². The largest absolute Gasteiger partial charge is 0.394 e. The summed E-state index contributed by atoms with van der Waals surface area (Å²) in [5.74, 6) is -0.136. The van der Waals surface area contributed by atoms with Gasteiger partial charge in [-0.2, -0.15) is 0 Å². The molecule has 67 heavy (non-hydrogen) atoms. The first kappa shape index (κ1) is 66.3. The lowest BCUT2D eigenvalue weighted by Crippen LogP contribution is -2.50. The van der Waals surface area contributed by atoms with Crippen LogP contribution < -0.4 is 5.32 Å². The van der Waals surface area contributed by atoms with Gasteiger partial charge in [0.05, 0.1) is 18.8 Å². The Bertz CT molecular complexity index is 914. The fourth-order valence-electron chi connectivity index (χ4n) is 10.4. The molecule has 0 aliphatic carbocycles. The Morgan fingerprint density at radius 2 is 0.507 bits per heavy atom. The Balaban J connectivity index is 3.37. The van der Waals surface area contributed by atoms with Crippen LogP contribution in [0.2, 0.25) is 0 Å². The van der Waals surface area contributed by atoms with Crippen molar-refractivity contribution in [1.29, 1.82) is 0 Å². The minimum atomic E-state index is -1.13. The fraction of sp³-hybridized carbons (Fsp3) is 0.984. The Morgan fingerprint density at radius 3 is 0.716 bits per heavy atom. The van der Waals surface area contributed by atoms with E-state index in [0.29, 0.717) is 12.8 Å². The number of aliphatic hydroxyl groups excluding tert-OH is 3. The van der Waals surface area contributed by atoms with Crippen molar-refractivity contribution in [2.24, 2.45) is 0 Å². The molecule has 0 saturated carbocycles. The van der Waals surface area contributed by atoms with Crippen LogP contribution in [0.25, 0.3) is 0 Å². The molecule has 0 aromatic rings. The smallest absolute Gasteiger partial charge is 0.220 e. The van der Waals surface area contributed by atoms with Crippen LogP contribution in [0.4, 0.5) is 0 Å². The highest BCUT2D eigenvalue weighted by Crippen LogP contribution is 2.19. The first-order valence-corrected chi connectivity index (χ1v) is 31.3. The van der Waals surface area contributed by atoms with Crippen LogP contribution >= 0.6 is 0 Å². The molecule has 0 aromatic carbocycles. The Morgan fingerprint density at radius 1 is 0.313 bits per heavy atom. The topological polar surface area (TPSA) is 89.8 Å². The predicted molar refractivity (Wildman–Crippen MR) is 296 cm³/mol. The van der Waals surface area contributed by atoms with E-state index in [1.165, 1.54) is 308 Å². The average Bonchev–Trinajstić information content (AvgIpc) is 3.33. The summed E-state index contributed by atoms with van der Waals surface area (Å²) in [5, 5.41) is 33.7. The molecule has 0 heterocycles. The number of amides is 1. The van der Waals surface area contributed by atoms with Crippen LogP contribution in [-0.4, -0.2) is 46.1 Å². The molecule has 3 unspecified atom stereocenters. The van der Waals surface area contributed by atoms with Crippen LogP contribution in [0, 0.1) is 0 Å². The fourth-order valence-corrected chi connectivity index (χ4v) is 10.4. The van der Waals surface area contributed by atoms with Gasteiger partial charge in [0.25, 0.3) is 0 Å². The third-order valence-corrected chi connectivity index (χ3v) is 15.2. The van der Waals surface area contributed by atoms with Crippen LogP contribution in [0.1, 0.15) is 367 Å². The minimum Gasteiger partial charge on any atom is -0.394 e. The number of aliphatic hydroxyl groups is 3. The Hall–Kier alpha value is -0.650. The third-order valence-electron chi connectivity index (χ3n) is 15.2. The zero-order chi connectivity index (χ0) is 48.6. The van der Waals surface area contributed by atoms with E-state index in [1.807, 2.05) is 0 Å². The first-order valence-electron chi connectivity index (χ1n) is 31.3. The molecule has 3 atom stereocenters. The normalized spacial score (nSPS) is 13.1. The number of unbranched alkanes of at least 4 members (excludes halogenated alkanes) is 51. The van der Waals surface area contributed by atoms with Crippen molar-refractivity contribution in [2.45, 2.75) is 385 Å².